The predicted molar refractivity (Wildman–Crippen MR) is 90.6 cm³/mol. The number of rotatable bonds is 6. The molecule has 0 saturated carbocycles. The fourth-order valence-corrected chi connectivity index (χ4v) is 3.73. The molecule has 2 heteroatoms. The number of aryl methyl sites for hydroxylation is 2. The molecule has 0 aliphatic carbocycles. The molecule has 1 aromatic heterocycles. The molecule has 108 valence electrons. The number of thiophene rings is 1. The first-order valence-corrected chi connectivity index (χ1v) is 8.37. The summed E-state index contributed by atoms with van der Waals surface area (Å²) in [5, 5.41) is 3.63. The fourth-order valence-electron chi connectivity index (χ4n) is 2.58. The van der Waals surface area contributed by atoms with Crippen molar-refractivity contribution in [2.24, 2.45) is 0 Å². The van der Waals surface area contributed by atoms with Gasteiger partial charge in [-0.1, -0.05) is 43.2 Å². The first-order chi connectivity index (χ1) is 9.63. The zero-order chi connectivity index (χ0) is 14.5. The lowest BCUT2D eigenvalue weighted by Crippen LogP contribution is -2.20. The first-order valence-electron chi connectivity index (χ1n) is 7.55. The third-order valence-electron chi connectivity index (χ3n) is 3.53. The van der Waals surface area contributed by atoms with Gasteiger partial charge in [-0.25, -0.2) is 0 Å². The number of hydrogen-bond acceptors (Lipinski definition) is 2. The van der Waals surface area contributed by atoms with Gasteiger partial charge in [-0.3, -0.25) is 0 Å². The van der Waals surface area contributed by atoms with Crippen molar-refractivity contribution >= 4 is 11.3 Å². The Morgan fingerprint density at radius 2 is 1.75 bits per heavy atom. The van der Waals surface area contributed by atoms with Gasteiger partial charge in [0.25, 0.3) is 0 Å². The molecule has 1 unspecified atom stereocenters. The van der Waals surface area contributed by atoms with Crippen LogP contribution in [0.25, 0.3) is 10.4 Å². The Balaban J connectivity index is 2.23. The molecule has 0 aliphatic rings. The molecule has 1 nitrogen and oxygen atoms in total. The van der Waals surface area contributed by atoms with Gasteiger partial charge in [0.2, 0.25) is 0 Å². The maximum absolute atomic E-state index is 3.63. The van der Waals surface area contributed by atoms with Gasteiger partial charge in [0.1, 0.15) is 0 Å². The molecule has 2 rings (SSSR count). The van der Waals surface area contributed by atoms with E-state index in [1.54, 1.807) is 0 Å². The third-order valence-corrected chi connectivity index (χ3v) is 4.77. The van der Waals surface area contributed by atoms with Crippen LogP contribution in [0.4, 0.5) is 0 Å². The molecule has 0 aliphatic heterocycles. The van der Waals surface area contributed by atoms with Gasteiger partial charge in [-0.2, -0.15) is 0 Å². The maximum atomic E-state index is 3.63. The summed E-state index contributed by atoms with van der Waals surface area (Å²) in [6.07, 6.45) is 2.33. The fraction of sp³-hybridized carbons (Fsp3) is 0.444. The van der Waals surface area contributed by atoms with Crippen LogP contribution in [-0.2, 0) is 0 Å². The van der Waals surface area contributed by atoms with Gasteiger partial charge in [-0.15, -0.1) is 11.3 Å². The highest BCUT2D eigenvalue weighted by Crippen LogP contribution is 2.33. The average Bonchev–Trinajstić information content (AvgIpc) is 2.88. The summed E-state index contributed by atoms with van der Waals surface area (Å²) in [5.41, 5.74) is 4.03. The van der Waals surface area contributed by atoms with Gasteiger partial charge in [0.15, 0.2) is 0 Å². The Labute approximate surface area is 127 Å². The highest BCUT2D eigenvalue weighted by molar-refractivity contribution is 7.15. The predicted octanol–water partition coefficient (Wildman–Crippen LogP) is 5.48. The van der Waals surface area contributed by atoms with Crippen molar-refractivity contribution in [2.45, 2.75) is 46.6 Å². The van der Waals surface area contributed by atoms with Gasteiger partial charge >= 0.3 is 0 Å². The molecular weight excluding hydrogens is 262 g/mol. The molecule has 0 amide bonds. The first kappa shape index (κ1) is 15.3. The highest BCUT2D eigenvalue weighted by Gasteiger charge is 2.12. The van der Waals surface area contributed by atoms with Gasteiger partial charge < -0.3 is 5.32 Å². The summed E-state index contributed by atoms with van der Waals surface area (Å²) < 4.78 is 0. The Morgan fingerprint density at radius 3 is 2.35 bits per heavy atom. The summed E-state index contributed by atoms with van der Waals surface area (Å²) in [4.78, 5) is 2.83. The normalized spacial score (nSPS) is 12.6. The minimum atomic E-state index is 0.500. The Bertz CT molecular complexity index is 536. The van der Waals surface area contributed by atoms with Crippen molar-refractivity contribution < 1.29 is 0 Å². The lowest BCUT2D eigenvalue weighted by molar-refractivity contribution is 0.525. The van der Waals surface area contributed by atoms with E-state index in [-0.39, 0.29) is 0 Å². The van der Waals surface area contributed by atoms with E-state index in [1.807, 2.05) is 11.3 Å². The number of benzene rings is 1. The van der Waals surface area contributed by atoms with Crippen molar-refractivity contribution in [3.63, 3.8) is 0 Å². The summed E-state index contributed by atoms with van der Waals surface area (Å²) in [7, 11) is 0. The van der Waals surface area contributed by atoms with Crippen molar-refractivity contribution in [3.05, 3.63) is 46.3 Å². The minimum Gasteiger partial charge on any atom is -0.309 e. The Hall–Kier alpha value is -1.12. The van der Waals surface area contributed by atoms with Crippen LogP contribution in [-0.4, -0.2) is 6.54 Å². The SMILES string of the molecule is CCCNC(CC)c1ccc(-c2cc(C)cc(C)c2)s1. The second-order valence-corrected chi connectivity index (χ2v) is 6.61. The summed E-state index contributed by atoms with van der Waals surface area (Å²) in [6.45, 7) is 9.90. The zero-order valence-corrected chi connectivity index (χ0v) is 13.8. The van der Waals surface area contributed by atoms with Crippen molar-refractivity contribution in [1.29, 1.82) is 0 Å². The van der Waals surface area contributed by atoms with Gasteiger partial charge in [0, 0.05) is 15.8 Å². The molecule has 1 aromatic carbocycles. The van der Waals surface area contributed by atoms with Crippen LogP contribution < -0.4 is 5.32 Å². The van der Waals surface area contributed by atoms with E-state index in [0.717, 1.165) is 13.0 Å². The molecule has 1 N–H and O–H groups in total. The molecule has 0 saturated heterocycles. The lowest BCUT2D eigenvalue weighted by atomic mass is 10.1. The second-order valence-electron chi connectivity index (χ2n) is 5.49. The summed E-state index contributed by atoms with van der Waals surface area (Å²) in [6, 6.07) is 11.8. The molecule has 1 heterocycles. The molecule has 0 radical (unpaired) electrons. The monoisotopic (exact) mass is 287 g/mol. The maximum Gasteiger partial charge on any atom is 0.0412 e. The second kappa shape index (κ2) is 7.05. The molecule has 20 heavy (non-hydrogen) atoms. The van der Waals surface area contributed by atoms with Gasteiger partial charge in [0.05, 0.1) is 0 Å². The quantitative estimate of drug-likeness (QED) is 0.741. The van der Waals surface area contributed by atoms with Crippen LogP contribution in [0.15, 0.2) is 30.3 Å². The van der Waals surface area contributed by atoms with E-state index in [9.17, 15) is 0 Å². The standard InChI is InChI=1S/C18H25NS/c1-5-9-19-16(6-2)18-8-7-17(20-18)15-11-13(3)10-14(4)12-15/h7-8,10-12,16,19H,5-6,9H2,1-4H3. The van der Waals surface area contributed by atoms with E-state index in [0.29, 0.717) is 6.04 Å². The van der Waals surface area contributed by atoms with Crippen LogP contribution >= 0.6 is 11.3 Å². The molecular formula is C18H25NS. The Kier molecular flexibility index (Phi) is 5.38. The minimum absolute atomic E-state index is 0.500. The van der Waals surface area contributed by atoms with Crippen molar-refractivity contribution in [1.82, 2.24) is 5.32 Å². The van der Waals surface area contributed by atoms with E-state index in [1.165, 1.54) is 32.9 Å². The van der Waals surface area contributed by atoms with Gasteiger partial charge in [-0.05, 0) is 50.9 Å². The van der Waals surface area contributed by atoms with E-state index in [2.05, 4.69) is 63.3 Å². The van der Waals surface area contributed by atoms with Crippen LogP contribution in [0.1, 0.15) is 48.7 Å². The number of hydrogen-bond donors (Lipinski definition) is 1. The van der Waals surface area contributed by atoms with E-state index >= 15 is 0 Å². The third kappa shape index (κ3) is 3.71. The van der Waals surface area contributed by atoms with Crippen LogP contribution in [0.3, 0.4) is 0 Å². The molecule has 2 aromatic rings. The highest BCUT2D eigenvalue weighted by atomic mass is 32.1. The van der Waals surface area contributed by atoms with Crippen molar-refractivity contribution in [3.8, 4) is 10.4 Å². The summed E-state index contributed by atoms with van der Waals surface area (Å²) in [5.74, 6) is 0. The topological polar surface area (TPSA) is 12.0 Å². The summed E-state index contributed by atoms with van der Waals surface area (Å²) >= 11 is 1.92. The zero-order valence-electron chi connectivity index (χ0n) is 13.0. The van der Waals surface area contributed by atoms with Crippen LogP contribution in [0, 0.1) is 13.8 Å². The van der Waals surface area contributed by atoms with Crippen molar-refractivity contribution in [2.75, 3.05) is 6.54 Å². The average molecular weight is 287 g/mol. The van der Waals surface area contributed by atoms with Crippen LogP contribution in [0.2, 0.25) is 0 Å². The Morgan fingerprint density at radius 1 is 1.05 bits per heavy atom. The molecule has 0 bridgehead atoms. The molecule has 1 atom stereocenters. The largest absolute Gasteiger partial charge is 0.309 e. The van der Waals surface area contributed by atoms with Crippen LogP contribution in [0.5, 0.6) is 0 Å². The van der Waals surface area contributed by atoms with E-state index in [4.69, 9.17) is 0 Å². The smallest absolute Gasteiger partial charge is 0.0412 e. The number of nitrogens with one attached hydrogen (secondary N) is 1. The molecule has 0 spiro atoms. The lowest BCUT2D eigenvalue weighted by Gasteiger charge is -2.14. The molecule has 0 fully saturated rings. The van der Waals surface area contributed by atoms with E-state index < -0.39 is 0 Å².